The average Bonchev–Trinajstić information content (AvgIpc) is 2.72. The molecule has 0 saturated carbocycles. The standard InChI is InChI=1S/C11H8F3NS2/c1-7-2-3-9(8(6-7)11(12,13)14)17-10-15-4-5-16-10/h2-6H,1H3. The van der Waals surface area contributed by atoms with E-state index in [0.29, 0.717) is 9.90 Å². The molecule has 2 rings (SSSR count). The topological polar surface area (TPSA) is 12.9 Å². The second-order valence-electron chi connectivity index (χ2n) is 3.40. The molecule has 1 aromatic carbocycles. The van der Waals surface area contributed by atoms with E-state index in [1.807, 2.05) is 0 Å². The first-order valence-electron chi connectivity index (χ1n) is 4.72. The van der Waals surface area contributed by atoms with Gasteiger partial charge in [0, 0.05) is 16.5 Å². The molecule has 2 aromatic rings. The second kappa shape index (κ2) is 4.70. The first-order valence-corrected chi connectivity index (χ1v) is 6.41. The Kier molecular flexibility index (Phi) is 3.44. The molecule has 0 spiro atoms. The van der Waals surface area contributed by atoms with Gasteiger partial charge in [0.1, 0.15) is 0 Å². The lowest BCUT2D eigenvalue weighted by Crippen LogP contribution is -2.07. The number of aromatic nitrogens is 1. The average molecular weight is 275 g/mol. The number of aryl methyl sites for hydroxylation is 1. The van der Waals surface area contributed by atoms with Gasteiger partial charge in [-0.1, -0.05) is 23.4 Å². The number of benzene rings is 1. The molecule has 1 heterocycles. The summed E-state index contributed by atoms with van der Waals surface area (Å²) in [4.78, 5) is 4.16. The van der Waals surface area contributed by atoms with Crippen LogP contribution in [0.1, 0.15) is 11.1 Å². The summed E-state index contributed by atoms with van der Waals surface area (Å²) >= 11 is 2.37. The molecule has 0 bridgehead atoms. The molecule has 0 N–H and O–H groups in total. The van der Waals surface area contributed by atoms with Gasteiger partial charge in [-0.2, -0.15) is 13.2 Å². The van der Waals surface area contributed by atoms with E-state index < -0.39 is 11.7 Å². The van der Waals surface area contributed by atoms with Gasteiger partial charge in [-0.25, -0.2) is 4.98 Å². The highest BCUT2D eigenvalue weighted by atomic mass is 32.2. The molecule has 0 amide bonds. The SMILES string of the molecule is Cc1ccc(Sc2nccs2)c(C(F)(F)F)c1. The van der Waals surface area contributed by atoms with Crippen LogP contribution in [0.2, 0.25) is 0 Å². The number of hydrogen-bond donors (Lipinski definition) is 0. The summed E-state index contributed by atoms with van der Waals surface area (Å²) in [5.74, 6) is 0. The van der Waals surface area contributed by atoms with E-state index in [9.17, 15) is 13.2 Å². The molecular weight excluding hydrogens is 267 g/mol. The Morgan fingerprint density at radius 3 is 2.65 bits per heavy atom. The Balaban J connectivity index is 2.40. The van der Waals surface area contributed by atoms with E-state index in [2.05, 4.69) is 4.98 Å². The normalized spacial score (nSPS) is 11.8. The smallest absolute Gasteiger partial charge is 0.238 e. The number of alkyl halides is 3. The highest BCUT2D eigenvalue weighted by Gasteiger charge is 2.33. The van der Waals surface area contributed by atoms with Crippen molar-refractivity contribution in [3.8, 4) is 0 Å². The Morgan fingerprint density at radius 1 is 1.29 bits per heavy atom. The third-order valence-electron chi connectivity index (χ3n) is 2.05. The highest BCUT2D eigenvalue weighted by Crippen LogP contribution is 2.40. The molecule has 0 atom stereocenters. The Bertz CT molecular complexity index is 506. The Morgan fingerprint density at radius 2 is 2.06 bits per heavy atom. The maximum absolute atomic E-state index is 12.8. The number of hydrogen-bond acceptors (Lipinski definition) is 3. The van der Waals surface area contributed by atoms with Crippen LogP contribution in [-0.4, -0.2) is 4.98 Å². The summed E-state index contributed by atoms with van der Waals surface area (Å²) < 4.78 is 39.1. The van der Waals surface area contributed by atoms with E-state index in [-0.39, 0.29) is 4.90 Å². The zero-order valence-corrected chi connectivity index (χ0v) is 10.4. The first-order chi connectivity index (χ1) is 7.97. The zero-order chi connectivity index (χ0) is 12.5. The van der Waals surface area contributed by atoms with Gasteiger partial charge >= 0.3 is 6.18 Å². The monoisotopic (exact) mass is 275 g/mol. The van der Waals surface area contributed by atoms with E-state index >= 15 is 0 Å². The molecule has 0 aliphatic carbocycles. The van der Waals surface area contributed by atoms with Crippen LogP contribution in [0.3, 0.4) is 0 Å². The fourth-order valence-electron chi connectivity index (χ4n) is 1.31. The van der Waals surface area contributed by atoms with Gasteiger partial charge in [-0.15, -0.1) is 11.3 Å². The Hall–Kier alpha value is -1.01. The van der Waals surface area contributed by atoms with Crippen molar-refractivity contribution in [3.05, 3.63) is 40.9 Å². The molecule has 1 aromatic heterocycles. The molecule has 90 valence electrons. The summed E-state index contributed by atoms with van der Waals surface area (Å²) in [6, 6.07) is 4.32. The fraction of sp³-hybridized carbons (Fsp3) is 0.182. The van der Waals surface area contributed by atoms with Crippen LogP contribution in [0, 0.1) is 6.92 Å². The number of halogens is 3. The van der Waals surface area contributed by atoms with Gasteiger partial charge in [-0.05, 0) is 19.1 Å². The van der Waals surface area contributed by atoms with Crippen molar-refractivity contribution < 1.29 is 13.2 Å². The predicted molar refractivity (Wildman–Crippen MR) is 62.4 cm³/mol. The Labute approximate surface area is 105 Å². The molecule has 0 fully saturated rings. The van der Waals surface area contributed by atoms with Crippen LogP contribution in [0.15, 0.2) is 39.0 Å². The second-order valence-corrected chi connectivity index (χ2v) is 5.58. The molecule has 1 nitrogen and oxygen atoms in total. The zero-order valence-electron chi connectivity index (χ0n) is 8.78. The predicted octanol–water partition coefficient (Wildman–Crippen LogP) is 4.62. The lowest BCUT2D eigenvalue weighted by Gasteiger charge is -2.12. The molecule has 6 heteroatoms. The van der Waals surface area contributed by atoms with Crippen LogP contribution in [0.4, 0.5) is 13.2 Å². The number of nitrogens with zero attached hydrogens (tertiary/aromatic N) is 1. The third-order valence-corrected chi connectivity index (χ3v) is 4.01. The van der Waals surface area contributed by atoms with E-state index in [1.54, 1.807) is 24.6 Å². The summed E-state index contributed by atoms with van der Waals surface area (Å²) in [6.45, 7) is 1.65. The molecule has 0 unspecified atom stereocenters. The molecule has 0 saturated heterocycles. The van der Waals surface area contributed by atoms with Crippen molar-refractivity contribution in [1.29, 1.82) is 0 Å². The van der Waals surface area contributed by atoms with E-state index in [1.165, 1.54) is 17.4 Å². The lowest BCUT2D eigenvalue weighted by atomic mass is 10.1. The van der Waals surface area contributed by atoms with Crippen LogP contribution >= 0.6 is 23.1 Å². The minimum Gasteiger partial charge on any atom is -0.238 e. The van der Waals surface area contributed by atoms with Gasteiger partial charge in [0.25, 0.3) is 0 Å². The van der Waals surface area contributed by atoms with Gasteiger partial charge in [0.2, 0.25) is 0 Å². The first kappa shape index (κ1) is 12.4. The lowest BCUT2D eigenvalue weighted by molar-refractivity contribution is -0.139. The van der Waals surface area contributed by atoms with Gasteiger partial charge in [-0.3, -0.25) is 0 Å². The summed E-state index contributed by atoms with van der Waals surface area (Å²) in [5.41, 5.74) is -0.00138. The van der Waals surface area contributed by atoms with Crippen molar-refractivity contribution in [2.75, 3.05) is 0 Å². The van der Waals surface area contributed by atoms with Crippen LogP contribution < -0.4 is 0 Å². The summed E-state index contributed by atoms with van der Waals surface area (Å²) in [5, 5.41) is 1.74. The van der Waals surface area contributed by atoms with E-state index in [4.69, 9.17) is 0 Å². The molecule has 0 radical (unpaired) electrons. The maximum atomic E-state index is 12.8. The van der Waals surface area contributed by atoms with Crippen molar-refractivity contribution >= 4 is 23.1 Å². The molecule has 0 aliphatic rings. The van der Waals surface area contributed by atoms with Gasteiger partial charge < -0.3 is 0 Å². The number of thiazole rings is 1. The number of rotatable bonds is 2. The third kappa shape index (κ3) is 3.01. The quantitative estimate of drug-likeness (QED) is 0.793. The van der Waals surface area contributed by atoms with Crippen molar-refractivity contribution in [2.24, 2.45) is 0 Å². The van der Waals surface area contributed by atoms with Gasteiger partial charge in [0.15, 0.2) is 4.34 Å². The molecule has 0 aliphatic heterocycles. The van der Waals surface area contributed by atoms with Gasteiger partial charge in [0.05, 0.1) is 5.56 Å². The molecule has 17 heavy (non-hydrogen) atoms. The maximum Gasteiger partial charge on any atom is 0.417 e. The van der Waals surface area contributed by atoms with Crippen LogP contribution in [-0.2, 0) is 6.18 Å². The van der Waals surface area contributed by atoms with Crippen molar-refractivity contribution in [3.63, 3.8) is 0 Å². The van der Waals surface area contributed by atoms with Crippen molar-refractivity contribution in [1.82, 2.24) is 4.98 Å². The summed E-state index contributed by atoms with van der Waals surface area (Å²) in [6.07, 6.45) is -2.75. The highest BCUT2D eigenvalue weighted by molar-refractivity contribution is 8.01. The van der Waals surface area contributed by atoms with E-state index in [0.717, 1.165) is 17.8 Å². The molecular formula is C11H8F3NS2. The minimum absolute atomic E-state index is 0.193. The van der Waals surface area contributed by atoms with Crippen LogP contribution in [0.5, 0.6) is 0 Å². The van der Waals surface area contributed by atoms with Crippen LogP contribution in [0.25, 0.3) is 0 Å². The fourth-order valence-corrected chi connectivity index (χ4v) is 3.02. The van der Waals surface area contributed by atoms with Crippen molar-refractivity contribution in [2.45, 2.75) is 22.3 Å². The minimum atomic E-state index is -4.33. The summed E-state index contributed by atoms with van der Waals surface area (Å²) in [7, 11) is 0. The largest absolute Gasteiger partial charge is 0.417 e.